The van der Waals surface area contributed by atoms with E-state index >= 15 is 0 Å². The van der Waals surface area contributed by atoms with Crippen LogP contribution in [-0.2, 0) is 6.42 Å². The summed E-state index contributed by atoms with van der Waals surface area (Å²) >= 11 is 2.23. The topological polar surface area (TPSA) is 32.3 Å². The molecule has 3 rings (SSSR count). The summed E-state index contributed by atoms with van der Waals surface area (Å²) in [7, 11) is 0. The monoisotopic (exact) mass is 406 g/mol. The Morgan fingerprint density at radius 1 is 1.32 bits per heavy atom. The van der Waals surface area contributed by atoms with Gasteiger partial charge in [-0.15, -0.1) is 0 Å². The maximum atomic E-state index is 12.5. The third kappa shape index (κ3) is 2.84. The second kappa shape index (κ2) is 6.28. The van der Waals surface area contributed by atoms with Gasteiger partial charge in [0, 0.05) is 28.0 Å². The number of nitrogens with one attached hydrogen (secondary N) is 1. The Morgan fingerprint density at radius 2 is 2.14 bits per heavy atom. The van der Waals surface area contributed by atoms with E-state index in [1.54, 1.807) is 0 Å². The van der Waals surface area contributed by atoms with Gasteiger partial charge in [-0.1, -0.05) is 18.2 Å². The average Bonchev–Trinajstić information content (AvgIpc) is 2.92. The Hall–Kier alpha value is -1.56. The van der Waals surface area contributed by atoms with Crippen molar-refractivity contribution in [1.29, 1.82) is 0 Å². The Morgan fingerprint density at radius 3 is 2.91 bits per heavy atom. The SMILES string of the molecule is CCN1CCc2ccc(NC(=O)c3cccc(C)c3I)cc21. The molecule has 1 aliphatic rings. The third-order valence-electron chi connectivity index (χ3n) is 4.15. The van der Waals surface area contributed by atoms with Gasteiger partial charge in [0.05, 0.1) is 5.56 Å². The molecule has 1 aliphatic heterocycles. The minimum atomic E-state index is -0.0471. The molecule has 0 aliphatic carbocycles. The molecule has 0 bridgehead atoms. The first-order valence-electron chi connectivity index (χ1n) is 7.54. The van der Waals surface area contributed by atoms with E-state index in [2.05, 4.69) is 51.9 Å². The molecule has 2 aromatic carbocycles. The summed E-state index contributed by atoms with van der Waals surface area (Å²) in [6, 6.07) is 12.0. The second-order valence-electron chi connectivity index (χ2n) is 5.56. The number of carbonyl (C=O) groups is 1. The molecule has 3 nitrogen and oxygen atoms in total. The van der Waals surface area contributed by atoms with Crippen molar-refractivity contribution >= 4 is 39.9 Å². The molecular formula is C18H19IN2O. The Kier molecular flexibility index (Phi) is 4.38. The van der Waals surface area contributed by atoms with Crippen LogP contribution in [0.5, 0.6) is 0 Å². The number of benzene rings is 2. The summed E-state index contributed by atoms with van der Waals surface area (Å²) in [6.07, 6.45) is 1.09. The zero-order valence-corrected chi connectivity index (χ0v) is 15.0. The van der Waals surface area contributed by atoms with Crippen molar-refractivity contribution in [3.05, 3.63) is 56.7 Å². The molecule has 0 saturated heterocycles. The van der Waals surface area contributed by atoms with E-state index in [4.69, 9.17) is 0 Å². The summed E-state index contributed by atoms with van der Waals surface area (Å²) in [6.45, 7) is 6.25. The minimum Gasteiger partial charge on any atom is -0.371 e. The Labute approximate surface area is 144 Å². The molecule has 0 atom stereocenters. The summed E-state index contributed by atoms with van der Waals surface area (Å²) in [5, 5.41) is 3.03. The van der Waals surface area contributed by atoms with Crippen molar-refractivity contribution < 1.29 is 4.79 Å². The molecule has 0 spiro atoms. The van der Waals surface area contributed by atoms with Crippen molar-refractivity contribution in [2.24, 2.45) is 0 Å². The first kappa shape index (κ1) is 15.3. The summed E-state index contributed by atoms with van der Waals surface area (Å²) in [5.74, 6) is -0.0471. The molecule has 1 N–H and O–H groups in total. The summed E-state index contributed by atoms with van der Waals surface area (Å²) in [4.78, 5) is 14.9. The van der Waals surface area contributed by atoms with Crippen molar-refractivity contribution in [2.75, 3.05) is 23.3 Å². The van der Waals surface area contributed by atoms with Crippen LogP contribution in [0.2, 0.25) is 0 Å². The number of likely N-dealkylation sites (N-methyl/N-ethyl adjacent to an activating group) is 1. The van der Waals surface area contributed by atoms with Gasteiger partial charge in [0.1, 0.15) is 0 Å². The van der Waals surface area contributed by atoms with Crippen LogP contribution in [0.4, 0.5) is 11.4 Å². The Balaban J connectivity index is 1.85. The van der Waals surface area contributed by atoms with Crippen molar-refractivity contribution in [2.45, 2.75) is 20.3 Å². The van der Waals surface area contributed by atoms with Crippen LogP contribution >= 0.6 is 22.6 Å². The lowest BCUT2D eigenvalue weighted by atomic mass is 10.1. The highest BCUT2D eigenvalue weighted by molar-refractivity contribution is 14.1. The van der Waals surface area contributed by atoms with Crippen LogP contribution < -0.4 is 10.2 Å². The molecule has 0 radical (unpaired) electrons. The van der Waals surface area contributed by atoms with Gasteiger partial charge in [0.25, 0.3) is 5.91 Å². The normalized spacial score (nSPS) is 13.1. The number of fused-ring (bicyclic) bond motifs is 1. The van der Waals surface area contributed by atoms with E-state index in [-0.39, 0.29) is 5.91 Å². The number of anilines is 2. The lowest BCUT2D eigenvalue weighted by molar-refractivity contribution is 0.102. The predicted octanol–water partition coefficient (Wildman–Crippen LogP) is 4.23. The van der Waals surface area contributed by atoms with Gasteiger partial charge in [-0.2, -0.15) is 0 Å². The van der Waals surface area contributed by atoms with Crippen molar-refractivity contribution in [1.82, 2.24) is 0 Å². The highest BCUT2D eigenvalue weighted by Gasteiger charge is 2.18. The fourth-order valence-electron chi connectivity index (χ4n) is 2.87. The molecule has 0 aromatic heterocycles. The van der Waals surface area contributed by atoms with Gasteiger partial charge in [-0.05, 0) is 72.2 Å². The maximum Gasteiger partial charge on any atom is 0.256 e. The zero-order chi connectivity index (χ0) is 15.7. The Bertz CT molecular complexity index is 727. The third-order valence-corrected chi connectivity index (χ3v) is 5.58. The molecular weight excluding hydrogens is 387 g/mol. The quantitative estimate of drug-likeness (QED) is 0.774. The first-order valence-corrected chi connectivity index (χ1v) is 8.62. The molecule has 1 amide bonds. The van der Waals surface area contributed by atoms with E-state index in [1.165, 1.54) is 11.3 Å². The van der Waals surface area contributed by atoms with E-state index in [0.29, 0.717) is 0 Å². The fourth-order valence-corrected chi connectivity index (χ4v) is 3.48. The van der Waals surface area contributed by atoms with Crippen LogP contribution in [0.25, 0.3) is 0 Å². The number of hydrogen-bond acceptors (Lipinski definition) is 2. The molecule has 0 saturated carbocycles. The van der Waals surface area contributed by atoms with E-state index in [9.17, 15) is 4.79 Å². The fraction of sp³-hybridized carbons (Fsp3) is 0.278. The van der Waals surface area contributed by atoms with Crippen LogP contribution in [0.3, 0.4) is 0 Å². The number of hydrogen-bond donors (Lipinski definition) is 1. The molecule has 1 heterocycles. The number of carbonyl (C=O) groups excluding carboxylic acids is 1. The van der Waals surface area contributed by atoms with Gasteiger partial charge < -0.3 is 10.2 Å². The molecule has 2 aromatic rings. The largest absolute Gasteiger partial charge is 0.371 e. The zero-order valence-electron chi connectivity index (χ0n) is 12.8. The predicted molar refractivity (Wildman–Crippen MR) is 99.9 cm³/mol. The van der Waals surface area contributed by atoms with Crippen LogP contribution in [0, 0.1) is 10.5 Å². The maximum absolute atomic E-state index is 12.5. The number of amides is 1. The van der Waals surface area contributed by atoms with Crippen LogP contribution in [-0.4, -0.2) is 19.0 Å². The molecule has 0 fully saturated rings. The van der Waals surface area contributed by atoms with E-state index in [0.717, 1.165) is 39.9 Å². The highest BCUT2D eigenvalue weighted by Crippen LogP contribution is 2.30. The van der Waals surface area contributed by atoms with Crippen molar-refractivity contribution in [3.8, 4) is 0 Å². The minimum absolute atomic E-state index is 0.0471. The highest BCUT2D eigenvalue weighted by atomic mass is 127. The summed E-state index contributed by atoms with van der Waals surface area (Å²) < 4.78 is 1.01. The first-order chi connectivity index (χ1) is 10.6. The van der Waals surface area contributed by atoms with Gasteiger partial charge >= 0.3 is 0 Å². The smallest absolute Gasteiger partial charge is 0.256 e. The number of halogens is 1. The second-order valence-corrected chi connectivity index (χ2v) is 6.64. The molecule has 114 valence electrons. The van der Waals surface area contributed by atoms with E-state index in [1.807, 2.05) is 31.2 Å². The number of aryl methyl sites for hydroxylation is 1. The van der Waals surface area contributed by atoms with Gasteiger partial charge in [-0.3, -0.25) is 4.79 Å². The number of nitrogens with zero attached hydrogens (tertiary/aromatic N) is 1. The lowest BCUT2D eigenvalue weighted by Crippen LogP contribution is -2.19. The van der Waals surface area contributed by atoms with Gasteiger partial charge in [-0.25, -0.2) is 0 Å². The van der Waals surface area contributed by atoms with Crippen LogP contribution in [0.1, 0.15) is 28.4 Å². The van der Waals surface area contributed by atoms with Crippen molar-refractivity contribution in [3.63, 3.8) is 0 Å². The van der Waals surface area contributed by atoms with Gasteiger partial charge in [0.15, 0.2) is 0 Å². The lowest BCUT2D eigenvalue weighted by Gasteiger charge is -2.17. The molecule has 4 heteroatoms. The molecule has 22 heavy (non-hydrogen) atoms. The van der Waals surface area contributed by atoms with E-state index < -0.39 is 0 Å². The standard InChI is InChI=1S/C18H19IN2O/c1-3-21-10-9-13-7-8-14(11-16(13)21)20-18(22)15-6-4-5-12(2)17(15)19/h4-8,11H,3,9-10H2,1-2H3,(H,20,22). The van der Waals surface area contributed by atoms with Gasteiger partial charge in [0.2, 0.25) is 0 Å². The number of rotatable bonds is 3. The average molecular weight is 406 g/mol. The summed E-state index contributed by atoms with van der Waals surface area (Å²) in [5.41, 5.74) is 5.33. The molecule has 0 unspecified atom stereocenters. The van der Waals surface area contributed by atoms with Crippen LogP contribution in [0.15, 0.2) is 36.4 Å².